The van der Waals surface area contributed by atoms with Gasteiger partial charge in [-0.3, -0.25) is 9.69 Å². The van der Waals surface area contributed by atoms with Crippen molar-refractivity contribution in [3.05, 3.63) is 77.9 Å². The van der Waals surface area contributed by atoms with E-state index in [1.165, 1.54) is 17.0 Å². The van der Waals surface area contributed by atoms with E-state index in [9.17, 15) is 13.2 Å². The van der Waals surface area contributed by atoms with Crippen molar-refractivity contribution in [2.45, 2.75) is 5.54 Å². The summed E-state index contributed by atoms with van der Waals surface area (Å²) in [6.45, 7) is 0.176. The summed E-state index contributed by atoms with van der Waals surface area (Å²) >= 11 is 0. The van der Waals surface area contributed by atoms with E-state index in [2.05, 4.69) is 4.99 Å². The highest BCUT2D eigenvalue weighted by Crippen LogP contribution is 2.42. The maximum atomic E-state index is 13.5. The zero-order valence-electron chi connectivity index (χ0n) is 18.4. The van der Waals surface area contributed by atoms with Gasteiger partial charge in [0, 0.05) is 7.05 Å². The highest BCUT2D eigenvalue weighted by Gasteiger charge is 2.49. The number of ether oxygens (including phenoxy) is 2. The van der Waals surface area contributed by atoms with Crippen LogP contribution in [0, 0.1) is 0 Å². The van der Waals surface area contributed by atoms with E-state index < -0.39 is 15.7 Å². The molecular formula is C24H21N3O6S. The fourth-order valence-corrected chi connectivity index (χ4v) is 4.57. The molecule has 34 heavy (non-hydrogen) atoms. The summed E-state index contributed by atoms with van der Waals surface area (Å²) in [7, 11) is -2.13. The molecule has 0 saturated carbocycles. The Balaban J connectivity index is 1.62. The van der Waals surface area contributed by atoms with Crippen LogP contribution in [0.4, 0.5) is 0 Å². The first-order valence-electron chi connectivity index (χ1n) is 10.3. The van der Waals surface area contributed by atoms with Gasteiger partial charge >= 0.3 is 10.1 Å². The Bertz CT molecular complexity index is 1440. The summed E-state index contributed by atoms with van der Waals surface area (Å²) in [6, 6.07) is 19.3. The van der Waals surface area contributed by atoms with Crippen LogP contribution in [0.5, 0.6) is 17.2 Å². The number of guanidine groups is 1. The van der Waals surface area contributed by atoms with Crippen molar-refractivity contribution >= 4 is 22.0 Å². The van der Waals surface area contributed by atoms with Crippen LogP contribution in [0.3, 0.4) is 0 Å². The number of hydrogen-bond donors (Lipinski definition) is 1. The van der Waals surface area contributed by atoms with Crippen LogP contribution >= 0.6 is 0 Å². The van der Waals surface area contributed by atoms with E-state index in [-0.39, 0.29) is 24.4 Å². The first-order chi connectivity index (χ1) is 16.2. The van der Waals surface area contributed by atoms with Gasteiger partial charge in [-0.25, -0.2) is 4.99 Å². The lowest BCUT2D eigenvalue weighted by atomic mass is 9.81. The van der Waals surface area contributed by atoms with Gasteiger partial charge in [0.25, 0.3) is 5.91 Å². The van der Waals surface area contributed by atoms with Gasteiger partial charge in [-0.05, 0) is 52.6 Å². The van der Waals surface area contributed by atoms with E-state index in [0.717, 1.165) is 17.4 Å². The van der Waals surface area contributed by atoms with Gasteiger partial charge in [0.2, 0.25) is 6.79 Å². The van der Waals surface area contributed by atoms with Gasteiger partial charge in [0.1, 0.15) is 5.75 Å². The van der Waals surface area contributed by atoms with Crippen molar-refractivity contribution in [2.24, 2.45) is 10.7 Å². The van der Waals surface area contributed by atoms with E-state index >= 15 is 0 Å². The highest BCUT2D eigenvalue weighted by molar-refractivity contribution is 7.86. The Labute approximate surface area is 196 Å². The molecule has 1 unspecified atom stereocenters. The molecule has 10 heteroatoms. The second-order valence-corrected chi connectivity index (χ2v) is 9.58. The summed E-state index contributed by atoms with van der Waals surface area (Å²) in [5.41, 5.74) is 7.49. The second-order valence-electron chi connectivity index (χ2n) is 8.01. The smallest absolute Gasteiger partial charge is 0.306 e. The van der Waals surface area contributed by atoms with Gasteiger partial charge in [-0.1, -0.05) is 36.4 Å². The highest BCUT2D eigenvalue weighted by atomic mass is 32.2. The summed E-state index contributed by atoms with van der Waals surface area (Å²) < 4.78 is 38.8. The third-order valence-electron chi connectivity index (χ3n) is 5.75. The number of fused-ring (bicyclic) bond motifs is 1. The molecule has 0 aliphatic carbocycles. The number of rotatable bonds is 5. The minimum Gasteiger partial charge on any atom is -0.454 e. The Morgan fingerprint density at radius 1 is 0.971 bits per heavy atom. The monoisotopic (exact) mass is 479 g/mol. The van der Waals surface area contributed by atoms with Gasteiger partial charge in [-0.2, -0.15) is 8.42 Å². The molecule has 0 fully saturated rings. The normalized spacial score (nSPS) is 19.3. The van der Waals surface area contributed by atoms with Crippen LogP contribution < -0.4 is 19.4 Å². The number of likely N-dealkylation sites (N-methyl/N-ethyl adjacent to an activating group) is 1. The molecule has 174 valence electrons. The fourth-order valence-electron chi connectivity index (χ4n) is 4.11. The maximum Gasteiger partial charge on any atom is 0.306 e. The van der Waals surface area contributed by atoms with Crippen molar-refractivity contribution in [1.29, 1.82) is 0 Å². The average molecular weight is 480 g/mol. The summed E-state index contributed by atoms with van der Waals surface area (Å²) in [5.74, 6) is 1.21. The van der Waals surface area contributed by atoms with Crippen LogP contribution in [0.1, 0.15) is 11.1 Å². The van der Waals surface area contributed by atoms with Crippen molar-refractivity contribution < 1.29 is 26.9 Å². The molecular weight excluding hydrogens is 458 g/mol. The van der Waals surface area contributed by atoms with Crippen LogP contribution in [-0.4, -0.2) is 45.3 Å². The average Bonchev–Trinajstić information content (AvgIpc) is 3.37. The number of nitrogens with two attached hydrogens (primary N) is 1. The molecule has 1 atom stereocenters. The first-order valence-corrected chi connectivity index (χ1v) is 12.1. The summed E-state index contributed by atoms with van der Waals surface area (Å²) in [5, 5.41) is 0. The molecule has 0 spiro atoms. The van der Waals surface area contributed by atoms with Gasteiger partial charge in [0.15, 0.2) is 23.0 Å². The standard InChI is InChI=1S/C24H21N3O6S/c1-27-22(28)24(26-23(27)25,17-7-9-19(10-8-17)33-34(2,29)30)18-5-3-4-15(12-18)16-6-11-20-21(13-16)32-14-31-20/h3-13H,14H2,1-2H3,(H2,25,26). The molecule has 2 N–H and O–H groups in total. The second kappa shape index (κ2) is 7.77. The quantitative estimate of drug-likeness (QED) is 0.558. The minimum atomic E-state index is -3.69. The molecule has 1 amide bonds. The molecule has 3 aromatic carbocycles. The summed E-state index contributed by atoms with van der Waals surface area (Å²) in [6.07, 6.45) is 0.963. The molecule has 0 saturated heterocycles. The van der Waals surface area contributed by atoms with Gasteiger partial charge in [-0.15, -0.1) is 0 Å². The number of benzene rings is 3. The van der Waals surface area contributed by atoms with Crippen molar-refractivity contribution in [1.82, 2.24) is 4.90 Å². The van der Waals surface area contributed by atoms with Crippen LogP contribution in [0.2, 0.25) is 0 Å². The summed E-state index contributed by atoms with van der Waals surface area (Å²) in [4.78, 5) is 19.4. The number of aliphatic imine (C=N–C) groups is 1. The molecule has 0 aromatic heterocycles. The Kier molecular flexibility index (Phi) is 4.98. The number of carbonyl (C=O) groups is 1. The van der Waals surface area contributed by atoms with E-state index in [1.807, 2.05) is 42.5 Å². The Morgan fingerprint density at radius 2 is 1.68 bits per heavy atom. The third-order valence-corrected chi connectivity index (χ3v) is 6.24. The first kappa shape index (κ1) is 21.8. The molecule has 3 aromatic rings. The van der Waals surface area contributed by atoms with Crippen molar-refractivity contribution in [3.63, 3.8) is 0 Å². The van der Waals surface area contributed by atoms with E-state index in [0.29, 0.717) is 22.6 Å². The fraction of sp³-hybridized carbons (Fsp3) is 0.167. The van der Waals surface area contributed by atoms with E-state index in [4.69, 9.17) is 19.4 Å². The molecule has 9 nitrogen and oxygen atoms in total. The van der Waals surface area contributed by atoms with Crippen molar-refractivity contribution in [3.8, 4) is 28.4 Å². The minimum absolute atomic E-state index is 0.0787. The number of nitrogens with zero attached hydrogens (tertiary/aromatic N) is 2. The Hall–Kier alpha value is -4.05. The number of hydrogen-bond acceptors (Lipinski definition) is 8. The third kappa shape index (κ3) is 3.61. The van der Waals surface area contributed by atoms with Gasteiger partial charge < -0.3 is 19.4 Å². The lowest BCUT2D eigenvalue weighted by Gasteiger charge is -2.26. The molecule has 5 rings (SSSR count). The van der Waals surface area contributed by atoms with Crippen LogP contribution in [0.15, 0.2) is 71.7 Å². The molecule has 2 aliphatic heterocycles. The van der Waals surface area contributed by atoms with Gasteiger partial charge in [0.05, 0.1) is 6.26 Å². The molecule has 0 radical (unpaired) electrons. The largest absolute Gasteiger partial charge is 0.454 e. The Morgan fingerprint density at radius 3 is 2.35 bits per heavy atom. The number of carbonyl (C=O) groups excluding carboxylic acids is 1. The lowest BCUT2D eigenvalue weighted by molar-refractivity contribution is -0.129. The van der Waals surface area contributed by atoms with Crippen molar-refractivity contribution in [2.75, 3.05) is 20.1 Å². The molecule has 2 heterocycles. The molecule has 0 bridgehead atoms. The SMILES string of the molecule is CN1C(=O)C(c2ccc(OS(C)(=O)=O)cc2)(c2cccc(-c3ccc4c(c3)OCO4)c2)N=C1N. The predicted molar refractivity (Wildman–Crippen MR) is 125 cm³/mol. The zero-order chi connectivity index (χ0) is 24.1. The number of amides is 1. The van der Waals surface area contributed by atoms with Crippen LogP contribution in [-0.2, 0) is 20.5 Å². The maximum absolute atomic E-state index is 13.5. The predicted octanol–water partition coefficient (Wildman–Crippen LogP) is 2.45. The molecule has 2 aliphatic rings. The lowest BCUT2D eigenvalue weighted by Crippen LogP contribution is -2.41. The van der Waals surface area contributed by atoms with E-state index in [1.54, 1.807) is 19.2 Å². The zero-order valence-corrected chi connectivity index (χ0v) is 19.2. The topological polar surface area (TPSA) is 121 Å². The van der Waals surface area contributed by atoms with Crippen LogP contribution in [0.25, 0.3) is 11.1 Å².